The number of hydrogen-bond donors (Lipinski definition) is 1. The third-order valence-electron chi connectivity index (χ3n) is 3.20. The van der Waals surface area contributed by atoms with Gasteiger partial charge in [0.25, 0.3) is 0 Å². The van der Waals surface area contributed by atoms with Gasteiger partial charge in [-0.3, -0.25) is 0 Å². The lowest BCUT2D eigenvalue weighted by atomic mass is 10.2. The third kappa shape index (κ3) is 3.63. The zero-order chi connectivity index (χ0) is 17.1. The van der Waals surface area contributed by atoms with Gasteiger partial charge < -0.3 is 9.47 Å². The van der Waals surface area contributed by atoms with Crippen LogP contribution in [0.25, 0.3) is 11.4 Å². The lowest BCUT2D eigenvalue weighted by Gasteiger charge is -2.14. The zero-order valence-electron chi connectivity index (χ0n) is 12.4. The average molecular weight is 430 g/mol. The van der Waals surface area contributed by atoms with E-state index in [0.717, 1.165) is 11.1 Å². The van der Waals surface area contributed by atoms with Gasteiger partial charge in [0.15, 0.2) is 11.5 Å². The van der Waals surface area contributed by atoms with E-state index in [1.807, 2.05) is 12.1 Å². The lowest BCUT2D eigenvalue weighted by molar-refractivity contribution is 0.282. The minimum atomic E-state index is 0.313. The monoisotopic (exact) mass is 428 g/mol. The Kier molecular flexibility index (Phi) is 5.23. The van der Waals surface area contributed by atoms with Crippen molar-refractivity contribution in [2.24, 2.45) is 0 Å². The number of rotatable bonds is 5. The molecule has 0 unspecified atom stereocenters. The van der Waals surface area contributed by atoms with E-state index in [1.165, 1.54) is 0 Å². The molecular formula is C15H11BrCl2N4O2. The van der Waals surface area contributed by atoms with Gasteiger partial charge in [0.1, 0.15) is 6.61 Å². The van der Waals surface area contributed by atoms with Crippen LogP contribution in [0.5, 0.6) is 11.5 Å². The zero-order valence-corrected chi connectivity index (χ0v) is 15.5. The van der Waals surface area contributed by atoms with E-state index in [0.29, 0.717) is 38.4 Å². The molecule has 6 nitrogen and oxygen atoms in total. The maximum atomic E-state index is 6.02. The molecule has 0 aliphatic rings. The molecule has 1 heterocycles. The molecule has 0 atom stereocenters. The molecule has 0 aliphatic heterocycles. The first-order valence-electron chi connectivity index (χ1n) is 6.76. The Bertz CT molecular complexity index is 859. The summed E-state index contributed by atoms with van der Waals surface area (Å²) in [6, 6.07) is 8.95. The molecule has 1 N–H and O–H groups in total. The standard InChI is InChI=1S/C15H11BrCl2N4O2/c1-23-13-6-9(15-19-21-22-20-15)5-10(16)14(13)24-7-8-2-3-11(17)12(18)4-8/h2-6H,7H2,1H3,(H,19,20,21,22). The molecule has 0 bridgehead atoms. The fourth-order valence-corrected chi connectivity index (χ4v) is 2.94. The Morgan fingerprint density at radius 3 is 2.67 bits per heavy atom. The van der Waals surface area contributed by atoms with E-state index < -0.39 is 0 Å². The number of methoxy groups -OCH3 is 1. The molecular weight excluding hydrogens is 419 g/mol. The maximum Gasteiger partial charge on any atom is 0.204 e. The molecule has 24 heavy (non-hydrogen) atoms. The first kappa shape index (κ1) is 17.0. The summed E-state index contributed by atoms with van der Waals surface area (Å²) in [5, 5.41) is 14.9. The van der Waals surface area contributed by atoms with Gasteiger partial charge in [-0.25, -0.2) is 0 Å². The van der Waals surface area contributed by atoms with Crippen LogP contribution in [0, 0.1) is 0 Å². The minimum absolute atomic E-state index is 0.313. The molecule has 0 amide bonds. The van der Waals surface area contributed by atoms with Crippen molar-refractivity contribution < 1.29 is 9.47 Å². The van der Waals surface area contributed by atoms with Crippen LogP contribution in [-0.2, 0) is 6.61 Å². The molecule has 3 rings (SSSR count). The van der Waals surface area contributed by atoms with Crippen molar-refractivity contribution in [3.05, 3.63) is 50.4 Å². The topological polar surface area (TPSA) is 72.9 Å². The van der Waals surface area contributed by atoms with Gasteiger partial charge in [-0.05, 0) is 51.0 Å². The summed E-state index contributed by atoms with van der Waals surface area (Å²) in [6.45, 7) is 0.313. The van der Waals surface area contributed by atoms with Crippen LogP contribution in [-0.4, -0.2) is 27.7 Å². The fraction of sp³-hybridized carbons (Fsp3) is 0.133. The molecule has 0 spiro atoms. The molecule has 124 valence electrons. The van der Waals surface area contributed by atoms with Crippen molar-refractivity contribution in [2.45, 2.75) is 6.61 Å². The van der Waals surface area contributed by atoms with Gasteiger partial charge in [-0.1, -0.05) is 29.3 Å². The highest BCUT2D eigenvalue weighted by Crippen LogP contribution is 2.39. The van der Waals surface area contributed by atoms with E-state index in [2.05, 4.69) is 36.6 Å². The van der Waals surface area contributed by atoms with E-state index >= 15 is 0 Å². The van der Waals surface area contributed by atoms with Gasteiger partial charge in [-0.2, -0.15) is 5.21 Å². The normalized spacial score (nSPS) is 10.7. The highest BCUT2D eigenvalue weighted by molar-refractivity contribution is 9.10. The molecule has 0 saturated heterocycles. The number of nitrogens with zero attached hydrogens (tertiary/aromatic N) is 3. The molecule has 0 aliphatic carbocycles. The first-order chi connectivity index (χ1) is 11.6. The molecule has 3 aromatic rings. The smallest absolute Gasteiger partial charge is 0.204 e. The SMILES string of the molecule is COc1cc(-c2nn[nH]n2)cc(Br)c1OCc1ccc(Cl)c(Cl)c1. The molecule has 9 heteroatoms. The highest BCUT2D eigenvalue weighted by Gasteiger charge is 2.15. The van der Waals surface area contributed by atoms with Crippen LogP contribution >= 0.6 is 39.1 Å². The number of hydrogen-bond acceptors (Lipinski definition) is 5. The second kappa shape index (κ2) is 7.38. The number of ether oxygens (including phenoxy) is 2. The summed E-state index contributed by atoms with van der Waals surface area (Å²) >= 11 is 15.4. The number of H-pyrrole nitrogens is 1. The quantitative estimate of drug-likeness (QED) is 0.645. The van der Waals surface area contributed by atoms with Gasteiger partial charge >= 0.3 is 0 Å². The predicted molar refractivity (Wildman–Crippen MR) is 94.7 cm³/mol. The van der Waals surface area contributed by atoms with Gasteiger partial charge in [0, 0.05) is 5.56 Å². The Morgan fingerprint density at radius 2 is 2.00 bits per heavy atom. The Morgan fingerprint density at radius 1 is 1.17 bits per heavy atom. The summed E-state index contributed by atoms with van der Waals surface area (Å²) in [5.41, 5.74) is 1.63. The van der Waals surface area contributed by atoms with Crippen molar-refractivity contribution in [3.8, 4) is 22.9 Å². The van der Waals surface area contributed by atoms with E-state index in [9.17, 15) is 0 Å². The summed E-state index contributed by atoms with van der Waals surface area (Å²) in [6.07, 6.45) is 0. The van der Waals surface area contributed by atoms with Crippen LogP contribution in [0.4, 0.5) is 0 Å². The van der Waals surface area contributed by atoms with Crippen LogP contribution < -0.4 is 9.47 Å². The number of nitrogens with one attached hydrogen (secondary N) is 1. The van der Waals surface area contributed by atoms with E-state index in [4.69, 9.17) is 32.7 Å². The molecule has 0 radical (unpaired) electrons. The third-order valence-corrected chi connectivity index (χ3v) is 4.53. The van der Waals surface area contributed by atoms with E-state index in [-0.39, 0.29) is 0 Å². The lowest BCUT2D eigenvalue weighted by Crippen LogP contribution is -1.99. The number of aromatic amines is 1. The van der Waals surface area contributed by atoms with Crippen molar-refractivity contribution in [2.75, 3.05) is 7.11 Å². The Hall–Kier alpha value is -1.83. The Balaban J connectivity index is 1.86. The number of tetrazole rings is 1. The molecule has 2 aromatic carbocycles. The highest BCUT2D eigenvalue weighted by atomic mass is 79.9. The molecule has 0 saturated carbocycles. The summed E-state index contributed by atoms with van der Waals surface area (Å²) in [7, 11) is 1.56. The van der Waals surface area contributed by atoms with Crippen LogP contribution in [0.3, 0.4) is 0 Å². The first-order valence-corrected chi connectivity index (χ1v) is 8.31. The van der Waals surface area contributed by atoms with Crippen LogP contribution in [0.1, 0.15) is 5.56 Å². The largest absolute Gasteiger partial charge is 0.493 e. The molecule has 1 aromatic heterocycles. The summed E-state index contributed by atoms with van der Waals surface area (Å²) in [5.74, 6) is 1.57. The van der Waals surface area contributed by atoms with Crippen molar-refractivity contribution >= 4 is 39.1 Å². The number of halogens is 3. The van der Waals surface area contributed by atoms with Gasteiger partial charge in [0.05, 0.1) is 21.6 Å². The van der Waals surface area contributed by atoms with Gasteiger partial charge in [-0.15, -0.1) is 10.2 Å². The number of aromatic nitrogens is 4. The second-order valence-electron chi connectivity index (χ2n) is 4.76. The number of benzene rings is 2. The average Bonchev–Trinajstić information content (AvgIpc) is 3.10. The van der Waals surface area contributed by atoms with Crippen LogP contribution in [0.15, 0.2) is 34.8 Å². The summed E-state index contributed by atoms with van der Waals surface area (Å²) in [4.78, 5) is 0. The van der Waals surface area contributed by atoms with Crippen molar-refractivity contribution in [1.82, 2.24) is 20.6 Å². The predicted octanol–water partition coefficient (Wildman–Crippen LogP) is 4.52. The molecule has 0 fully saturated rings. The van der Waals surface area contributed by atoms with Crippen molar-refractivity contribution in [3.63, 3.8) is 0 Å². The minimum Gasteiger partial charge on any atom is -0.493 e. The van der Waals surface area contributed by atoms with E-state index in [1.54, 1.807) is 25.3 Å². The van der Waals surface area contributed by atoms with Crippen molar-refractivity contribution in [1.29, 1.82) is 0 Å². The Labute approximate surface area is 156 Å². The maximum absolute atomic E-state index is 6.02. The van der Waals surface area contributed by atoms with Gasteiger partial charge in [0.2, 0.25) is 5.82 Å². The summed E-state index contributed by atoms with van der Waals surface area (Å²) < 4.78 is 12.0. The fourth-order valence-electron chi connectivity index (χ4n) is 2.06. The van der Waals surface area contributed by atoms with Crippen LogP contribution in [0.2, 0.25) is 10.0 Å². The second-order valence-corrected chi connectivity index (χ2v) is 6.43.